The molecule has 5 nitrogen and oxygen atoms in total. The monoisotopic (exact) mass is 268 g/mol. The number of rotatable bonds is 2. The molecule has 18 heavy (non-hydrogen) atoms. The SMILES string of the molecule is CC(C)(C)OC(=O)Nc1ccc(C(N)=S)cc1O. The standard InChI is InChI=1S/C12H16N2O3S/c1-12(2,3)17-11(16)14-8-5-4-7(10(13)18)6-9(8)15/h4-6,15H,1-3H3,(H2,13,18)(H,14,16). The van der Waals surface area contributed by atoms with Crippen molar-refractivity contribution >= 4 is 29.0 Å². The van der Waals surface area contributed by atoms with Gasteiger partial charge in [0, 0.05) is 5.56 Å². The molecule has 0 aliphatic carbocycles. The van der Waals surface area contributed by atoms with E-state index in [2.05, 4.69) is 5.32 Å². The van der Waals surface area contributed by atoms with Crippen LogP contribution in [0.25, 0.3) is 0 Å². The Morgan fingerprint density at radius 1 is 1.44 bits per heavy atom. The van der Waals surface area contributed by atoms with E-state index in [4.69, 9.17) is 22.7 Å². The third-order valence-corrected chi connectivity index (χ3v) is 2.15. The Morgan fingerprint density at radius 3 is 2.50 bits per heavy atom. The summed E-state index contributed by atoms with van der Waals surface area (Å²) in [5.74, 6) is -0.119. The second-order valence-electron chi connectivity index (χ2n) is 4.72. The number of hydrogen-bond acceptors (Lipinski definition) is 4. The van der Waals surface area contributed by atoms with Gasteiger partial charge in [0.15, 0.2) is 0 Å². The Bertz CT molecular complexity index is 481. The highest BCUT2D eigenvalue weighted by Crippen LogP contribution is 2.24. The van der Waals surface area contributed by atoms with Crippen molar-refractivity contribution in [1.29, 1.82) is 0 Å². The Labute approximate surface area is 111 Å². The predicted molar refractivity (Wildman–Crippen MR) is 73.9 cm³/mol. The number of phenolic OH excluding ortho intramolecular Hbond substituents is 1. The number of thiocarbonyl (C=S) groups is 1. The summed E-state index contributed by atoms with van der Waals surface area (Å²) in [4.78, 5) is 11.7. The van der Waals surface area contributed by atoms with Gasteiger partial charge in [0.2, 0.25) is 0 Å². The van der Waals surface area contributed by atoms with E-state index >= 15 is 0 Å². The number of carbonyl (C=O) groups is 1. The number of hydrogen-bond donors (Lipinski definition) is 3. The molecular weight excluding hydrogens is 252 g/mol. The zero-order valence-corrected chi connectivity index (χ0v) is 11.3. The van der Waals surface area contributed by atoms with Crippen molar-refractivity contribution in [3.8, 4) is 5.75 Å². The third-order valence-electron chi connectivity index (χ3n) is 1.92. The molecule has 0 fully saturated rings. The molecule has 1 amide bonds. The lowest BCUT2D eigenvalue weighted by atomic mass is 10.2. The van der Waals surface area contributed by atoms with Crippen molar-refractivity contribution in [3.63, 3.8) is 0 Å². The van der Waals surface area contributed by atoms with Gasteiger partial charge < -0.3 is 15.6 Å². The smallest absolute Gasteiger partial charge is 0.412 e. The van der Waals surface area contributed by atoms with Crippen molar-refractivity contribution in [2.24, 2.45) is 5.73 Å². The summed E-state index contributed by atoms with van der Waals surface area (Å²) in [5, 5.41) is 12.1. The number of anilines is 1. The molecule has 1 rings (SSSR count). The number of benzene rings is 1. The summed E-state index contributed by atoms with van der Waals surface area (Å²) >= 11 is 4.78. The highest BCUT2D eigenvalue weighted by atomic mass is 32.1. The van der Waals surface area contributed by atoms with E-state index in [1.807, 2.05) is 0 Å². The average molecular weight is 268 g/mol. The first-order chi connectivity index (χ1) is 8.19. The van der Waals surface area contributed by atoms with Crippen LogP contribution in [0, 0.1) is 0 Å². The Morgan fingerprint density at radius 2 is 2.06 bits per heavy atom. The minimum absolute atomic E-state index is 0.119. The molecule has 0 spiro atoms. The molecule has 98 valence electrons. The molecule has 0 bridgehead atoms. The largest absolute Gasteiger partial charge is 0.506 e. The van der Waals surface area contributed by atoms with Crippen LogP contribution in [0.1, 0.15) is 26.3 Å². The van der Waals surface area contributed by atoms with E-state index in [1.54, 1.807) is 26.8 Å². The van der Waals surface area contributed by atoms with Gasteiger partial charge in [-0.25, -0.2) is 4.79 Å². The highest BCUT2D eigenvalue weighted by molar-refractivity contribution is 7.80. The van der Waals surface area contributed by atoms with Gasteiger partial charge in [-0.05, 0) is 39.0 Å². The first-order valence-corrected chi connectivity index (χ1v) is 5.73. The van der Waals surface area contributed by atoms with Crippen LogP contribution in [0.4, 0.5) is 10.5 Å². The summed E-state index contributed by atoms with van der Waals surface area (Å²) in [6.07, 6.45) is -0.638. The van der Waals surface area contributed by atoms with E-state index in [1.165, 1.54) is 12.1 Å². The van der Waals surface area contributed by atoms with Crippen LogP contribution in [0.5, 0.6) is 5.75 Å². The van der Waals surface area contributed by atoms with Crippen molar-refractivity contribution in [2.45, 2.75) is 26.4 Å². The van der Waals surface area contributed by atoms with Crippen LogP contribution < -0.4 is 11.1 Å². The van der Waals surface area contributed by atoms with Crippen molar-refractivity contribution in [1.82, 2.24) is 0 Å². The Balaban J connectivity index is 2.80. The second kappa shape index (κ2) is 5.22. The van der Waals surface area contributed by atoms with Crippen LogP contribution in [0.2, 0.25) is 0 Å². The zero-order valence-electron chi connectivity index (χ0n) is 10.5. The lowest BCUT2D eigenvalue weighted by Crippen LogP contribution is -2.27. The minimum atomic E-state index is -0.638. The number of nitrogens with two attached hydrogens (primary N) is 1. The van der Waals surface area contributed by atoms with Crippen molar-refractivity contribution in [3.05, 3.63) is 23.8 Å². The lowest BCUT2D eigenvalue weighted by molar-refractivity contribution is 0.0635. The van der Waals surface area contributed by atoms with Crippen LogP contribution in [0.15, 0.2) is 18.2 Å². The molecule has 1 aromatic carbocycles. The summed E-state index contributed by atoms with van der Waals surface area (Å²) < 4.78 is 5.06. The zero-order chi connectivity index (χ0) is 13.9. The van der Waals surface area contributed by atoms with Gasteiger partial charge in [0.05, 0.1) is 5.69 Å². The van der Waals surface area contributed by atoms with E-state index in [9.17, 15) is 9.90 Å². The predicted octanol–water partition coefficient (Wildman–Crippen LogP) is 2.37. The normalized spacial score (nSPS) is 10.8. The van der Waals surface area contributed by atoms with Crippen LogP contribution in [-0.4, -0.2) is 21.8 Å². The average Bonchev–Trinajstić information content (AvgIpc) is 2.17. The highest BCUT2D eigenvalue weighted by Gasteiger charge is 2.17. The fourth-order valence-electron chi connectivity index (χ4n) is 1.20. The fourth-order valence-corrected chi connectivity index (χ4v) is 1.33. The number of carbonyl (C=O) groups excluding carboxylic acids is 1. The van der Waals surface area contributed by atoms with E-state index in [0.717, 1.165) is 0 Å². The fraction of sp³-hybridized carbons (Fsp3) is 0.333. The van der Waals surface area contributed by atoms with Gasteiger partial charge in [-0.15, -0.1) is 0 Å². The number of amides is 1. The summed E-state index contributed by atoms with van der Waals surface area (Å²) in [7, 11) is 0. The number of phenols is 1. The molecule has 4 N–H and O–H groups in total. The van der Waals surface area contributed by atoms with Gasteiger partial charge >= 0.3 is 6.09 Å². The molecule has 0 radical (unpaired) electrons. The minimum Gasteiger partial charge on any atom is -0.506 e. The van der Waals surface area contributed by atoms with Crippen molar-refractivity contribution < 1.29 is 14.6 Å². The molecule has 0 heterocycles. The Hall–Kier alpha value is -1.82. The number of ether oxygens (including phenoxy) is 1. The molecule has 6 heteroatoms. The molecule has 0 aromatic heterocycles. The quantitative estimate of drug-likeness (QED) is 0.566. The molecule has 0 atom stereocenters. The lowest BCUT2D eigenvalue weighted by Gasteiger charge is -2.20. The van der Waals surface area contributed by atoms with Crippen LogP contribution in [0.3, 0.4) is 0 Å². The van der Waals surface area contributed by atoms with Crippen LogP contribution in [-0.2, 0) is 4.74 Å². The maximum atomic E-state index is 11.5. The van der Waals surface area contributed by atoms with Gasteiger partial charge in [0.1, 0.15) is 16.3 Å². The second-order valence-corrected chi connectivity index (χ2v) is 5.16. The molecular formula is C12H16N2O3S. The van der Waals surface area contributed by atoms with Gasteiger partial charge in [-0.1, -0.05) is 12.2 Å². The molecule has 0 saturated carbocycles. The van der Waals surface area contributed by atoms with Gasteiger partial charge in [0.25, 0.3) is 0 Å². The maximum Gasteiger partial charge on any atom is 0.412 e. The van der Waals surface area contributed by atoms with Crippen molar-refractivity contribution in [2.75, 3.05) is 5.32 Å². The first kappa shape index (κ1) is 14.2. The van der Waals surface area contributed by atoms with E-state index in [-0.39, 0.29) is 16.4 Å². The first-order valence-electron chi connectivity index (χ1n) is 5.32. The summed E-state index contributed by atoms with van der Waals surface area (Å²) in [5.41, 5.74) is 5.59. The Kier molecular flexibility index (Phi) is 4.13. The van der Waals surface area contributed by atoms with Gasteiger partial charge in [-0.2, -0.15) is 0 Å². The number of nitrogens with one attached hydrogen (secondary N) is 1. The topological polar surface area (TPSA) is 84.6 Å². The molecule has 0 aliphatic rings. The number of aromatic hydroxyl groups is 1. The molecule has 0 saturated heterocycles. The molecule has 1 aromatic rings. The molecule has 0 unspecified atom stereocenters. The van der Waals surface area contributed by atoms with Crippen LogP contribution >= 0.6 is 12.2 Å². The summed E-state index contributed by atoms with van der Waals surface area (Å²) in [6, 6.07) is 4.50. The maximum absolute atomic E-state index is 11.5. The summed E-state index contributed by atoms with van der Waals surface area (Å²) in [6.45, 7) is 5.26. The third kappa shape index (κ3) is 4.21. The van der Waals surface area contributed by atoms with Gasteiger partial charge in [-0.3, -0.25) is 5.32 Å². The molecule has 0 aliphatic heterocycles. The van der Waals surface area contributed by atoms with E-state index < -0.39 is 11.7 Å². The van der Waals surface area contributed by atoms with E-state index in [0.29, 0.717) is 5.56 Å².